The molecule has 0 bridgehead atoms. The molecule has 0 aromatic carbocycles. The lowest BCUT2D eigenvalue weighted by Gasteiger charge is -2.38. The molecule has 1 amide bonds. The predicted molar refractivity (Wildman–Crippen MR) is 90.8 cm³/mol. The van der Waals surface area contributed by atoms with Crippen LogP contribution in [0.15, 0.2) is 12.3 Å². The molecule has 1 N–H and O–H groups in total. The van der Waals surface area contributed by atoms with Crippen LogP contribution in [0.1, 0.15) is 50.4 Å². The molecule has 1 aliphatic heterocycles. The average molecular weight is 322 g/mol. The molecule has 1 aromatic heterocycles. The highest BCUT2D eigenvalue weighted by molar-refractivity contribution is 7.12. The van der Waals surface area contributed by atoms with E-state index in [-0.39, 0.29) is 24.0 Å². The van der Waals surface area contributed by atoms with Gasteiger partial charge in [-0.3, -0.25) is 4.79 Å². The summed E-state index contributed by atoms with van der Waals surface area (Å²) < 4.78 is 0. The summed E-state index contributed by atoms with van der Waals surface area (Å²) in [5, 5.41) is 10.6. The molecule has 2 heterocycles. The number of piperidine rings is 1. The zero-order chi connectivity index (χ0) is 16.3. The van der Waals surface area contributed by atoms with Gasteiger partial charge in [0.25, 0.3) is 0 Å². The third-order valence-electron chi connectivity index (χ3n) is 4.14. The summed E-state index contributed by atoms with van der Waals surface area (Å²) in [6.45, 7) is 9.26. The maximum Gasteiger partial charge on any atom is 0.246 e. The normalized spacial score (nSPS) is 23.2. The van der Waals surface area contributed by atoms with Crippen LogP contribution in [-0.4, -0.2) is 40.1 Å². The number of hydrogen-bond acceptors (Lipinski definition) is 4. The van der Waals surface area contributed by atoms with Crippen LogP contribution >= 0.6 is 11.3 Å². The average Bonchev–Trinajstić information content (AvgIpc) is 2.93. The fraction of sp³-hybridized carbons (Fsp3) is 0.647. The molecule has 1 saturated heterocycles. The van der Waals surface area contributed by atoms with Crippen molar-refractivity contribution in [3.8, 4) is 0 Å². The summed E-state index contributed by atoms with van der Waals surface area (Å²) in [4.78, 5) is 19.6. The number of carbonyl (C=O) groups is 1. The molecule has 2 atom stereocenters. The summed E-state index contributed by atoms with van der Waals surface area (Å²) in [5.41, 5.74) is 0.0328. The van der Waals surface area contributed by atoms with Crippen molar-refractivity contribution in [2.24, 2.45) is 5.92 Å². The number of likely N-dealkylation sites (tertiary alicyclic amines) is 1. The van der Waals surface area contributed by atoms with Gasteiger partial charge in [0.05, 0.1) is 17.7 Å². The number of carbonyl (C=O) groups excluding carboxylic acids is 1. The molecule has 0 saturated carbocycles. The molecule has 2 unspecified atom stereocenters. The van der Waals surface area contributed by atoms with E-state index in [9.17, 15) is 9.90 Å². The summed E-state index contributed by atoms with van der Waals surface area (Å²) in [5.74, 6) is 0.336. The van der Waals surface area contributed by atoms with Gasteiger partial charge in [-0.05, 0) is 24.8 Å². The Morgan fingerprint density at radius 3 is 2.86 bits per heavy atom. The van der Waals surface area contributed by atoms with Crippen molar-refractivity contribution in [1.82, 2.24) is 9.88 Å². The van der Waals surface area contributed by atoms with E-state index in [4.69, 9.17) is 0 Å². The Hall–Kier alpha value is -1.20. The van der Waals surface area contributed by atoms with Gasteiger partial charge in [-0.1, -0.05) is 27.7 Å². The van der Waals surface area contributed by atoms with Crippen LogP contribution < -0.4 is 0 Å². The maximum atomic E-state index is 12.4. The summed E-state index contributed by atoms with van der Waals surface area (Å²) in [6.07, 6.45) is 7.34. The fourth-order valence-electron chi connectivity index (χ4n) is 2.76. The minimum Gasteiger partial charge on any atom is -0.394 e. The minimum absolute atomic E-state index is 0.0173. The largest absolute Gasteiger partial charge is 0.394 e. The molecule has 5 heteroatoms. The Morgan fingerprint density at radius 1 is 1.55 bits per heavy atom. The molecular weight excluding hydrogens is 296 g/mol. The lowest BCUT2D eigenvalue weighted by atomic mass is 9.91. The second kappa shape index (κ2) is 6.92. The van der Waals surface area contributed by atoms with E-state index in [1.165, 1.54) is 0 Å². The smallest absolute Gasteiger partial charge is 0.246 e. The van der Waals surface area contributed by atoms with Crippen molar-refractivity contribution < 1.29 is 9.90 Å². The van der Waals surface area contributed by atoms with Crippen LogP contribution in [-0.2, 0) is 10.2 Å². The second-order valence-corrected chi connectivity index (χ2v) is 8.11. The number of aromatic nitrogens is 1. The summed E-state index contributed by atoms with van der Waals surface area (Å²) >= 11 is 1.62. The van der Waals surface area contributed by atoms with Crippen LogP contribution in [0.4, 0.5) is 0 Å². The van der Waals surface area contributed by atoms with Crippen LogP contribution in [0.5, 0.6) is 0 Å². The predicted octanol–water partition coefficient (Wildman–Crippen LogP) is 3.07. The Morgan fingerprint density at radius 2 is 2.27 bits per heavy atom. The van der Waals surface area contributed by atoms with E-state index >= 15 is 0 Å². The number of nitrogens with zero attached hydrogens (tertiary/aromatic N) is 2. The molecule has 22 heavy (non-hydrogen) atoms. The van der Waals surface area contributed by atoms with Crippen LogP contribution in [0.2, 0.25) is 0 Å². The molecule has 1 fully saturated rings. The summed E-state index contributed by atoms with van der Waals surface area (Å²) in [6, 6.07) is -0.0579. The lowest BCUT2D eigenvalue weighted by molar-refractivity contribution is -0.132. The van der Waals surface area contributed by atoms with E-state index in [2.05, 4.69) is 32.7 Å². The molecule has 2 rings (SSSR count). The van der Waals surface area contributed by atoms with Crippen molar-refractivity contribution >= 4 is 23.3 Å². The quantitative estimate of drug-likeness (QED) is 0.870. The van der Waals surface area contributed by atoms with Gasteiger partial charge in [0.15, 0.2) is 0 Å². The van der Waals surface area contributed by atoms with E-state index in [0.29, 0.717) is 5.92 Å². The van der Waals surface area contributed by atoms with Crippen molar-refractivity contribution in [3.63, 3.8) is 0 Å². The number of thiazole rings is 1. The van der Waals surface area contributed by atoms with Crippen LogP contribution in [0.25, 0.3) is 6.08 Å². The van der Waals surface area contributed by atoms with Crippen molar-refractivity contribution in [2.45, 2.75) is 52.0 Å². The number of amides is 1. The molecule has 4 nitrogen and oxygen atoms in total. The Kier molecular flexibility index (Phi) is 5.40. The van der Waals surface area contributed by atoms with Gasteiger partial charge < -0.3 is 10.0 Å². The summed E-state index contributed by atoms with van der Waals surface area (Å²) in [7, 11) is 0. The van der Waals surface area contributed by atoms with Gasteiger partial charge in [0.2, 0.25) is 5.91 Å². The molecule has 0 aliphatic carbocycles. The van der Waals surface area contributed by atoms with Crippen molar-refractivity contribution in [1.29, 1.82) is 0 Å². The number of rotatable bonds is 3. The highest BCUT2D eigenvalue weighted by Crippen LogP contribution is 2.28. The Balaban J connectivity index is 2.06. The highest BCUT2D eigenvalue weighted by Gasteiger charge is 2.30. The number of aliphatic hydroxyl groups is 1. The van der Waals surface area contributed by atoms with E-state index < -0.39 is 0 Å². The topological polar surface area (TPSA) is 53.4 Å². The first-order valence-electron chi connectivity index (χ1n) is 7.88. The lowest BCUT2D eigenvalue weighted by Crippen LogP contribution is -2.49. The molecular formula is C17H26N2O2S. The standard InChI is InChI=1S/C17H26N2O2S/c1-12-6-5-9-19(14(12)11-20)15(21)8-7-13-10-18-16(22-13)17(2,3)4/h7-8,10,12,14,20H,5-6,9,11H2,1-4H3/b8-7+. The van der Waals surface area contributed by atoms with Gasteiger partial charge in [-0.2, -0.15) is 0 Å². The monoisotopic (exact) mass is 322 g/mol. The van der Waals surface area contributed by atoms with Crippen molar-refractivity contribution in [2.75, 3.05) is 13.2 Å². The first-order valence-corrected chi connectivity index (χ1v) is 8.70. The van der Waals surface area contributed by atoms with Gasteiger partial charge in [-0.25, -0.2) is 4.98 Å². The SMILES string of the molecule is CC1CCCN(C(=O)/C=C/c2cnc(C(C)(C)C)s2)C1CO. The molecule has 122 valence electrons. The molecule has 0 spiro atoms. The Bertz CT molecular complexity index is 545. The fourth-order valence-corrected chi connectivity index (χ4v) is 3.64. The van der Waals surface area contributed by atoms with Crippen LogP contribution in [0.3, 0.4) is 0 Å². The van der Waals surface area contributed by atoms with Crippen LogP contribution in [0, 0.1) is 5.92 Å². The Labute approximate surface area is 136 Å². The first kappa shape index (κ1) is 17.2. The van der Waals surface area contributed by atoms with E-state index in [0.717, 1.165) is 29.3 Å². The van der Waals surface area contributed by atoms with E-state index in [1.807, 2.05) is 12.3 Å². The third-order valence-corrected chi connectivity index (χ3v) is 5.53. The zero-order valence-corrected chi connectivity index (χ0v) is 14.7. The van der Waals surface area contributed by atoms with Gasteiger partial charge in [-0.15, -0.1) is 11.3 Å². The molecule has 1 aromatic rings. The molecule has 1 aliphatic rings. The third kappa shape index (κ3) is 3.96. The van der Waals surface area contributed by atoms with E-state index in [1.54, 1.807) is 22.3 Å². The van der Waals surface area contributed by atoms with Gasteiger partial charge in [0, 0.05) is 29.1 Å². The minimum atomic E-state index is -0.0579. The number of aliphatic hydroxyl groups excluding tert-OH is 1. The van der Waals surface area contributed by atoms with Crippen molar-refractivity contribution in [3.05, 3.63) is 22.2 Å². The molecule has 0 radical (unpaired) electrons. The second-order valence-electron chi connectivity index (χ2n) is 7.05. The maximum absolute atomic E-state index is 12.4. The van der Waals surface area contributed by atoms with Gasteiger partial charge >= 0.3 is 0 Å². The highest BCUT2D eigenvalue weighted by atomic mass is 32.1. The zero-order valence-electron chi connectivity index (χ0n) is 13.9. The van der Waals surface area contributed by atoms with Gasteiger partial charge in [0.1, 0.15) is 0 Å². The number of hydrogen-bond donors (Lipinski definition) is 1. The first-order chi connectivity index (χ1) is 10.3.